The number of anilines is 1. The predicted octanol–water partition coefficient (Wildman–Crippen LogP) is 3.10. The smallest absolute Gasteiger partial charge is 0.145 e. The molecule has 0 aliphatic rings. The molecule has 0 atom stereocenters. The molecule has 1 rings (SSSR count). The van der Waals surface area contributed by atoms with E-state index in [1.165, 1.54) is 6.20 Å². The van der Waals surface area contributed by atoms with Gasteiger partial charge in [-0.2, -0.15) is 10.5 Å². The number of allylic oxidation sites excluding steroid dienone is 1. The van der Waals surface area contributed by atoms with Crippen LogP contribution in [0.15, 0.2) is 34.4 Å². The zero-order valence-electron chi connectivity index (χ0n) is 8.08. The second kappa shape index (κ2) is 5.19. The summed E-state index contributed by atoms with van der Waals surface area (Å²) in [6.07, 6.45) is 1.40. The number of benzene rings is 1. The van der Waals surface area contributed by atoms with E-state index in [2.05, 4.69) is 21.2 Å². The molecule has 0 bridgehead atoms. The minimum Gasteiger partial charge on any atom is -0.359 e. The summed E-state index contributed by atoms with van der Waals surface area (Å²) >= 11 is 3.38. The standard InChI is InChI=1S/C11H8BrN3/c1-8-3-2-4-10(12)11(8)15-7-9(5-13)6-14/h2-4,7,15H,1H3. The molecular weight excluding hydrogens is 254 g/mol. The molecular formula is C11H8BrN3. The van der Waals surface area contributed by atoms with E-state index in [0.29, 0.717) is 0 Å². The van der Waals surface area contributed by atoms with Crippen LogP contribution in [0.1, 0.15) is 5.56 Å². The molecule has 1 aromatic carbocycles. The predicted molar refractivity (Wildman–Crippen MR) is 61.8 cm³/mol. The molecule has 0 amide bonds. The molecule has 0 radical (unpaired) electrons. The van der Waals surface area contributed by atoms with Crippen molar-refractivity contribution in [2.45, 2.75) is 6.92 Å². The van der Waals surface area contributed by atoms with E-state index < -0.39 is 0 Å². The number of nitrogens with zero attached hydrogens (tertiary/aromatic N) is 2. The molecule has 0 saturated heterocycles. The lowest BCUT2D eigenvalue weighted by molar-refractivity contribution is 1.40. The van der Waals surface area contributed by atoms with Crippen LogP contribution in [-0.4, -0.2) is 0 Å². The van der Waals surface area contributed by atoms with E-state index in [1.807, 2.05) is 25.1 Å². The zero-order chi connectivity index (χ0) is 11.3. The van der Waals surface area contributed by atoms with Gasteiger partial charge in [0.1, 0.15) is 17.7 Å². The van der Waals surface area contributed by atoms with Crippen LogP contribution in [0.25, 0.3) is 0 Å². The number of hydrogen-bond donors (Lipinski definition) is 1. The van der Waals surface area contributed by atoms with Crippen LogP contribution in [0.5, 0.6) is 0 Å². The molecule has 74 valence electrons. The van der Waals surface area contributed by atoms with Crippen LogP contribution >= 0.6 is 15.9 Å². The van der Waals surface area contributed by atoms with E-state index in [1.54, 1.807) is 12.1 Å². The molecule has 0 fully saturated rings. The van der Waals surface area contributed by atoms with E-state index in [4.69, 9.17) is 10.5 Å². The van der Waals surface area contributed by atoms with Crippen molar-refractivity contribution in [1.82, 2.24) is 0 Å². The van der Waals surface area contributed by atoms with Crippen molar-refractivity contribution in [3.63, 3.8) is 0 Å². The van der Waals surface area contributed by atoms with Crippen LogP contribution in [0, 0.1) is 29.6 Å². The van der Waals surface area contributed by atoms with E-state index >= 15 is 0 Å². The Morgan fingerprint density at radius 3 is 2.60 bits per heavy atom. The molecule has 1 aromatic rings. The molecule has 0 unspecified atom stereocenters. The average molecular weight is 262 g/mol. The number of nitrogens with one attached hydrogen (secondary N) is 1. The first-order valence-corrected chi connectivity index (χ1v) is 5.00. The minimum atomic E-state index is 0.0464. The molecule has 0 heterocycles. The first-order valence-electron chi connectivity index (χ1n) is 4.21. The van der Waals surface area contributed by atoms with Gasteiger partial charge in [0.25, 0.3) is 0 Å². The normalized spacial score (nSPS) is 8.53. The first kappa shape index (κ1) is 11.3. The van der Waals surface area contributed by atoms with Gasteiger partial charge in [-0.3, -0.25) is 0 Å². The van der Waals surface area contributed by atoms with Gasteiger partial charge in [-0.1, -0.05) is 12.1 Å². The fraction of sp³-hybridized carbons (Fsp3) is 0.0909. The summed E-state index contributed by atoms with van der Waals surface area (Å²) in [5, 5.41) is 20.0. The second-order valence-electron chi connectivity index (χ2n) is 2.86. The third kappa shape index (κ3) is 2.83. The molecule has 0 aromatic heterocycles. The Balaban J connectivity index is 2.98. The highest BCUT2D eigenvalue weighted by Gasteiger charge is 2.01. The van der Waals surface area contributed by atoms with Gasteiger partial charge < -0.3 is 5.32 Å². The number of para-hydroxylation sites is 1. The Morgan fingerprint density at radius 1 is 1.40 bits per heavy atom. The lowest BCUT2D eigenvalue weighted by atomic mass is 10.2. The quantitative estimate of drug-likeness (QED) is 0.833. The summed E-state index contributed by atoms with van der Waals surface area (Å²) in [7, 11) is 0. The van der Waals surface area contributed by atoms with Crippen LogP contribution in [0.4, 0.5) is 5.69 Å². The second-order valence-corrected chi connectivity index (χ2v) is 3.71. The maximum atomic E-state index is 8.55. The van der Waals surface area contributed by atoms with E-state index in [-0.39, 0.29) is 5.57 Å². The van der Waals surface area contributed by atoms with Crippen molar-refractivity contribution in [2.75, 3.05) is 5.32 Å². The van der Waals surface area contributed by atoms with Gasteiger partial charge in [-0.05, 0) is 34.5 Å². The average Bonchev–Trinajstić information content (AvgIpc) is 2.23. The van der Waals surface area contributed by atoms with Gasteiger partial charge in [0.15, 0.2) is 0 Å². The largest absolute Gasteiger partial charge is 0.359 e. The highest BCUT2D eigenvalue weighted by atomic mass is 79.9. The van der Waals surface area contributed by atoms with Crippen molar-refractivity contribution in [1.29, 1.82) is 10.5 Å². The van der Waals surface area contributed by atoms with E-state index in [0.717, 1.165) is 15.7 Å². The zero-order valence-corrected chi connectivity index (χ0v) is 9.67. The van der Waals surface area contributed by atoms with Gasteiger partial charge in [0.2, 0.25) is 0 Å². The van der Waals surface area contributed by atoms with E-state index in [9.17, 15) is 0 Å². The highest BCUT2D eigenvalue weighted by Crippen LogP contribution is 2.25. The first-order chi connectivity index (χ1) is 7.19. The monoisotopic (exact) mass is 261 g/mol. The minimum absolute atomic E-state index is 0.0464. The third-order valence-electron chi connectivity index (χ3n) is 1.82. The third-order valence-corrected chi connectivity index (χ3v) is 2.48. The molecule has 1 N–H and O–H groups in total. The van der Waals surface area contributed by atoms with Crippen LogP contribution in [-0.2, 0) is 0 Å². The van der Waals surface area contributed by atoms with Gasteiger partial charge in [0, 0.05) is 10.7 Å². The highest BCUT2D eigenvalue weighted by molar-refractivity contribution is 9.10. The summed E-state index contributed by atoms with van der Waals surface area (Å²) in [6, 6.07) is 9.32. The van der Waals surface area contributed by atoms with Crippen molar-refractivity contribution in [3.05, 3.63) is 40.0 Å². The topological polar surface area (TPSA) is 59.6 Å². The summed E-state index contributed by atoms with van der Waals surface area (Å²) in [6.45, 7) is 1.94. The summed E-state index contributed by atoms with van der Waals surface area (Å²) in [5.41, 5.74) is 1.95. The molecule has 0 aliphatic heterocycles. The SMILES string of the molecule is Cc1cccc(Br)c1NC=C(C#N)C#N. The summed E-state index contributed by atoms with van der Waals surface area (Å²) in [5.74, 6) is 0. The van der Waals surface area contributed by atoms with Gasteiger partial charge in [-0.25, -0.2) is 0 Å². The Morgan fingerprint density at radius 2 is 2.07 bits per heavy atom. The Bertz CT molecular complexity index is 441. The maximum Gasteiger partial charge on any atom is 0.145 e. The fourth-order valence-corrected chi connectivity index (χ4v) is 1.63. The Labute approximate surface area is 96.8 Å². The molecule has 0 saturated carbocycles. The van der Waals surface area contributed by atoms with Gasteiger partial charge >= 0.3 is 0 Å². The summed E-state index contributed by atoms with van der Waals surface area (Å²) < 4.78 is 0.897. The number of nitriles is 2. The number of hydrogen-bond acceptors (Lipinski definition) is 3. The Kier molecular flexibility index (Phi) is 3.91. The molecule has 4 heteroatoms. The fourth-order valence-electron chi connectivity index (χ4n) is 1.05. The van der Waals surface area contributed by atoms with Crippen LogP contribution in [0.2, 0.25) is 0 Å². The van der Waals surface area contributed by atoms with Crippen molar-refractivity contribution < 1.29 is 0 Å². The van der Waals surface area contributed by atoms with Crippen LogP contribution < -0.4 is 5.32 Å². The van der Waals surface area contributed by atoms with Crippen molar-refractivity contribution in [2.24, 2.45) is 0 Å². The maximum absolute atomic E-state index is 8.55. The van der Waals surface area contributed by atoms with Gasteiger partial charge in [-0.15, -0.1) is 0 Å². The molecule has 3 nitrogen and oxygen atoms in total. The molecule has 0 aliphatic carbocycles. The molecule has 15 heavy (non-hydrogen) atoms. The van der Waals surface area contributed by atoms with Gasteiger partial charge in [0.05, 0.1) is 5.69 Å². The van der Waals surface area contributed by atoms with Crippen LogP contribution in [0.3, 0.4) is 0 Å². The Hall–Kier alpha value is -1.78. The number of aryl methyl sites for hydroxylation is 1. The van der Waals surface area contributed by atoms with Crippen molar-refractivity contribution >= 4 is 21.6 Å². The summed E-state index contributed by atoms with van der Waals surface area (Å²) in [4.78, 5) is 0. The number of rotatable bonds is 2. The number of halogens is 1. The lowest BCUT2D eigenvalue weighted by Gasteiger charge is -2.07. The molecule has 0 spiro atoms. The lowest BCUT2D eigenvalue weighted by Crippen LogP contribution is -1.93. The van der Waals surface area contributed by atoms with Crippen molar-refractivity contribution in [3.8, 4) is 12.1 Å².